The average molecular weight is 484 g/mol. The van der Waals surface area contributed by atoms with Crippen LogP contribution in [0, 0.1) is 11.7 Å². The number of amides is 2. The number of aromatic nitrogens is 2. The molecular formula is C24H26FN5O3S. The number of nitrogens with zero attached hydrogens (tertiary/aromatic N) is 4. The smallest absolute Gasteiger partial charge is 0.277 e. The third-order valence-electron chi connectivity index (χ3n) is 5.43. The number of benzene rings is 2. The van der Waals surface area contributed by atoms with Crippen molar-refractivity contribution in [3.63, 3.8) is 0 Å². The summed E-state index contributed by atoms with van der Waals surface area (Å²) >= 11 is 1.13. The van der Waals surface area contributed by atoms with Crippen molar-refractivity contribution in [2.75, 3.05) is 42.1 Å². The van der Waals surface area contributed by atoms with Crippen LogP contribution >= 0.6 is 11.8 Å². The van der Waals surface area contributed by atoms with Gasteiger partial charge in [0.05, 0.1) is 5.75 Å². The van der Waals surface area contributed by atoms with Crippen molar-refractivity contribution >= 4 is 35.0 Å². The highest BCUT2D eigenvalue weighted by molar-refractivity contribution is 7.99. The molecule has 1 aromatic heterocycles. The zero-order valence-electron chi connectivity index (χ0n) is 19.0. The van der Waals surface area contributed by atoms with Crippen LogP contribution in [0.3, 0.4) is 0 Å². The van der Waals surface area contributed by atoms with E-state index < -0.39 is 0 Å². The number of carbonyl (C=O) groups excluding carboxylic acids is 2. The normalized spacial score (nSPS) is 13.9. The summed E-state index contributed by atoms with van der Waals surface area (Å²) in [4.78, 5) is 28.6. The summed E-state index contributed by atoms with van der Waals surface area (Å²) in [6, 6.07) is 13.4. The molecule has 2 amide bonds. The second kappa shape index (κ2) is 10.7. The fourth-order valence-electron chi connectivity index (χ4n) is 3.61. The predicted octanol–water partition coefficient (Wildman–Crippen LogP) is 3.91. The molecule has 10 heteroatoms. The van der Waals surface area contributed by atoms with Gasteiger partial charge in [-0.3, -0.25) is 9.59 Å². The van der Waals surface area contributed by atoms with Gasteiger partial charge in [-0.15, -0.1) is 10.2 Å². The van der Waals surface area contributed by atoms with Crippen LogP contribution in [-0.2, 0) is 9.59 Å². The van der Waals surface area contributed by atoms with E-state index in [9.17, 15) is 14.0 Å². The minimum atomic E-state index is -0.344. The Kier molecular flexibility index (Phi) is 7.46. The van der Waals surface area contributed by atoms with Gasteiger partial charge in [-0.1, -0.05) is 25.6 Å². The molecule has 1 aliphatic heterocycles. The Morgan fingerprint density at radius 2 is 1.71 bits per heavy atom. The van der Waals surface area contributed by atoms with E-state index in [4.69, 9.17) is 4.42 Å². The first-order valence-electron chi connectivity index (χ1n) is 11.0. The molecule has 2 heterocycles. The van der Waals surface area contributed by atoms with E-state index in [0.717, 1.165) is 30.5 Å². The molecule has 0 saturated carbocycles. The molecule has 1 N–H and O–H groups in total. The largest absolute Gasteiger partial charge is 0.411 e. The van der Waals surface area contributed by atoms with E-state index in [1.807, 2.05) is 43.0 Å². The highest BCUT2D eigenvalue weighted by atomic mass is 32.2. The maximum Gasteiger partial charge on any atom is 0.277 e. The number of halogens is 1. The summed E-state index contributed by atoms with van der Waals surface area (Å²) in [6.45, 7) is 6.84. The van der Waals surface area contributed by atoms with Crippen LogP contribution in [0.15, 0.2) is 58.2 Å². The van der Waals surface area contributed by atoms with Gasteiger partial charge in [0.25, 0.3) is 5.22 Å². The number of rotatable bonds is 7. The SMILES string of the molecule is CC(C)C(=O)N1CCN(c2ccc(NC(=O)CSc3nnc(-c4ccc(F)cc4)o3)cc2)CC1. The fourth-order valence-corrected chi connectivity index (χ4v) is 4.17. The third kappa shape index (κ3) is 5.93. The van der Waals surface area contributed by atoms with Crippen LogP contribution in [-0.4, -0.2) is 58.8 Å². The van der Waals surface area contributed by atoms with Crippen molar-refractivity contribution in [2.24, 2.45) is 5.92 Å². The van der Waals surface area contributed by atoms with Crippen molar-refractivity contribution in [1.82, 2.24) is 15.1 Å². The number of hydrogen-bond acceptors (Lipinski definition) is 7. The highest BCUT2D eigenvalue weighted by Gasteiger charge is 2.23. The van der Waals surface area contributed by atoms with Crippen LogP contribution in [0.4, 0.5) is 15.8 Å². The molecule has 178 valence electrons. The molecule has 1 aliphatic rings. The van der Waals surface area contributed by atoms with E-state index >= 15 is 0 Å². The van der Waals surface area contributed by atoms with Crippen LogP contribution in [0.2, 0.25) is 0 Å². The molecule has 34 heavy (non-hydrogen) atoms. The highest BCUT2D eigenvalue weighted by Crippen LogP contribution is 2.24. The second-order valence-corrected chi connectivity index (χ2v) is 9.16. The molecule has 8 nitrogen and oxygen atoms in total. The van der Waals surface area contributed by atoms with Crippen LogP contribution in [0.5, 0.6) is 0 Å². The quantitative estimate of drug-likeness (QED) is 0.510. The molecule has 0 radical (unpaired) electrons. The van der Waals surface area contributed by atoms with Gasteiger partial charge in [-0.25, -0.2) is 4.39 Å². The van der Waals surface area contributed by atoms with Crippen LogP contribution in [0.25, 0.3) is 11.5 Å². The Balaban J connectivity index is 1.24. The molecular weight excluding hydrogens is 457 g/mol. The molecule has 2 aromatic carbocycles. The zero-order chi connectivity index (χ0) is 24.1. The Morgan fingerprint density at radius 1 is 1.03 bits per heavy atom. The lowest BCUT2D eigenvalue weighted by Crippen LogP contribution is -2.49. The van der Waals surface area contributed by atoms with Gasteiger partial charge in [0.2, 0.25) is 17.7 Å². The fraction of sp³-hybridized carbons (Fsp3) is 0.333. The molecule has 3 aromatic rings. The number of thioether (sulfide) groups is 1. The molecule has 1 fully saturated rings. The van der Waals surface area contributed by atoms with E-state index in [1.54, 1.807) is 12.1 Å². The van der Waals surface area contributed by atoms with Gasteiger partial charge in [-0.05, 0) is 48.5 Å². The molecule has 0 bridgehead atoms. The van der Waals surface area contributed by atoms with Crippen molar-refractivity contribution in [2.45, 2.75) is 19.1 Å². The molecule has 0 spiro atoms. The summed E-state index contributed by atoms with van der Waals surface area (Å²) in [5, 5.41) is 11.0. The van der Waals surface area contributed by atoms with Crippen LogP contribution in [0.1, 0.15) is 13.8 Å². The van der Waals surface area contributed by atoms with Gasteiger partial charge >= 0.3 is 0 Å². The molecule has 1 saturated heterocycles. The lowest BCUT2D eigenvalue weighted by molar-refractivity contribution is -0.134. The minimum absolute atomic E-state index is 0.0179. The summed E-state index contributed by atoms with van der Waals surface area (Å²) in [7, 11) is 0. The Morgan fingerprint density at radius 3 is 2.35 bits per heavy atom. The van der Waals surface area contributed by atoms with Crippen molar-refractivity contribution < 1.29 is 18.4 Å². The lowest BCUT2D eigenvalue weighted by Gasteiger charge is -2.37. The maximum absolute atomic E-state index is 13.0. The third-order valence-corrected chi connectivity index (χ3v) is 6.24. The topological polar surface area (TPSA) is 91.6 Å². The summed E-state index contributed by atoms with van der Waals surface area (Å²) in [6.07, 6.45) is 0. The number of piperazine rings is 1. The van der Waals surface area contributed by atoms with E-state index in [-0.39, 0.29) is 40.4 Å². The monoisotopic (exact) mass is 483 g/mol. The van der Waals surface area contributed by atoms with E-state index in [1.165, 1.54) is 12.1 Å². The van der Waals surface area contributed by atoms with Gasteiger partial charge in [0, 0.05) is 49.0 Å². The first-order valence-corrected chi connectivity index (χ1v) is 12.0. The number of anilines is 2. The average Bonchev–Trinajstić information content (AvgIpc) is 3.32. The molecule has 0 aliphatic carbocycles. The Bertz CT molecular complexity index is 1130. The molecule has 0 atom stereocenters. The van der Waals surface area contributed by atoms with Gasteiger partial charge in [0.15, 0.2) is 0 Å². The predicted molar refractivity (Wildman–Crippen MR) is 129 cm³/mol. The second-order valence-electron chi connectivity index (χ2n) is 8.23. The summed E-state index contributed by atoms with van der Waals surface area (Å²) < 4.78 is 18.6. The summed E-state index contributed by atoms with van der Waals surface area (Å²) in [5.41, 5.74) is 2.36. The molecule has 4 rings (SSSR count). The van der Waals surface area contributed by atoms with E-state index in [2.05, 4.69) is 20.4 Å². The first kappa shape index (κ1) is 23.7. The van der Waals surface area contributed by atoms with Crippen molar-refractivity contribution in [3.05, 3.63) is 54.3 Å². The Labute approximate surface area is 201 Å². The van der Waals surface area contributed by atoms with Gasteiger partial charge in [0.1, 0.15) is 5.82 Å². The number of hydrogen-bond donors (Lipinski definition) is 1. The van der Waals surface area contributed by atoms with Crippen molar-refractivity contribution in [3.8, 4) is 11.5 Å². The number of nitrogens with one attached hydrogen (secondary N) is 1. The number of carbonyl (C=O) groups is 2. The van der Waals surface area contributed by atoms with Gasteiger partial charge < -0.3 is 19.5 Å². The zero-order valence-corrected chi connectivity index (χ0v) is 19.8. The van der Waals surface area contributed by atoms with Crippen LogP contribution < -0.4 is 10.2 Å². The lowest BCUT2D eigenvalue weighted by atomic mass is 10.1. The van der Waals surface area contributed by atoms with Gasteiger partial charge in [-0.2, -0.15) is 0 Å². The first-order chi connectivity index (χ1) is 16.4. The standard InChI is InChI=1S/C24H26FN5O3S/c1-16(2)23(32)30-13-11-29(12-14-30)20-9-7-19(8-10-20)26-21(31)15-34-24-28-27-22(33-24)17-3-5-18(25)6-4-17/h3-10,16H,11-15H2,1-2H3,(H,26,31). The Hall–Kier alpha value is -3.40. The molecule has 0 unspecified atom stereocenters. The summed E-state index contributed by atoms with van der Waals surface area (Å²) in [5.74, 6) is 0.0573. The maximum atomic E-state index is 13.0. The van der Waals surface area contributed by atoms with E-state index in [0.29, 0.717) is 24.3 Å². The van der Waals surface area contributed by atoms with Crippen molar-refractivity contribution in [1.29, 1.82) is 0 Å². The minimum Gasteiger partial charge on any atom is -0.411 e.